The SMILES string of the molecule is CCCCCCCCNC1(CO)CC1. The number of aliphatic hydroxyl groups is 1. The van der Waals surface area contributed by atoms with Gasteiger partial charge in [-0.1, -0.05) is 39.0 Å². The van der Waals surface area contributed by atoms with Gasteiger partial charge >= 0.3 is 0 Å². The van der Waals surface area contributed by atoms with Crippen LogP contribution in [0.25, 0.3) is 0 Å². The van der Waals surface area contributed by atoms with E-state index in [-0.39, 0.29) is 5.54 Å². The van der Waals surface area contributed by atoms with Crippen molar-refractivity contribution in [1.82, 2.24) is 5.32 Å². The molecule has 1 fully saturated rings. The number of unbranched alkanes of at least 4 members (excludes halogenated alkanes) is 5. The van der Waals surface area contributed by atoms with Gasteiger partial charge in [-0.3, -0.25) is 0 Å². The van der Waals surface area contributed by atoms with E-state index < -0.39 is 0 Å². The molecule has 0 saturated heterocycles. The third-order valence-electron chi connectivity index (χ3n) is 3.19. The Morgan fingerprint density at radius 1 is 1.07 bits per heavy atom. The highest BCUT2D eigenvalue weighted by Gasteiger charge is 2.40. The molecule has 0 atom stereocenters. The van der Waals surface area contributed by atoms with Gasteiger partial charge in [0.15, 0.2) is 0 Å². The highest BCUT2D eigenvalue weighted by atomic mass is 16.3. The third-order valence-corrected chi connectivity index (χ3v) is 3.19. The van der Waals surface area contributed by atoms with E-state index in [2.05, 4.69) is 12.2 Å². The molecule has 0 aromatic heterocycles. The van der Waals surface area contributed by atoms with Crippen LogP contribution in [-0.4, -0.2) is 23.8 Å². The van der Waals surface area contributed by atoms with Crippen molar-refractivity contribution >= 4 is 0 Å². The summed E-state index contributed by atoms with van der Waals surface area (Å²) >= 11 is 0. The van der Waals surface area contributed by atoms with Crippen LogP contribution >= 0.6 is 0 Å². The highest BCUT2D eigenvalue weighted by Crippen LogP contribution is 2.34. The van der Waals surface area contributed by atoms with Crippen LogP contribution in [0.5, 0.6) is 0 Å². The fourth-order valence-electron chi connectivity index (χ4n) is 1.80. The normalized spacial score (nSPS) is 18.4. The number of hydrogen-bond donors (Lipinski definition) is 2. The molecule has 0 radical (unpaired) electrons. The lowest BCUT2D eigenvalue weighted by Crippen LogP contribution is -2.35. The molecule has 0 aromatic carbocycles. The zero-order valence-electron chi connectivity index (χ0n) is 9.52. The van der Waals surface area contributed by atoms with Crippen LogP contribution in [0.15, 0.2) is 0 Å². The molecule has 0 bridgehead atoms. The zero-order valence-corrected chi connectivity index (χ0v) is 9.52. The molecule has 0 unspecified atom stereocenters. The summed E-state index contributed by atoms with van der Waals surface area (Å²) in [6, 6.07) is 0. The molecule has 0 spiro atoms. The van der Waals surface area contributed by atoms with Crippen LogP contribution in [0.4, 0.5) is 0 Å². The Morgan fingerprint density at radius 3 is 2.29 bits per heavy atom. The average molecular weight is 199 g/mol. The van der Waals surface area contributed by atoms with E-state index in [0.29, 0.717) is 6.61 Å². The summed E-state index contributed by atoms with van der Waals surface area (Å²) in [7, 11) is 0. The summed E-state index contributed by atoms with van der Waals surface area (Å²) in [5.74, 6) is 0. The maximum atomic E-state index is 9.07. The number of aliphatic hydroxyl groups excluding tert-OH is 1. The van der Waals surface area contributed by atoms with E-state index >= 15 is 0 Å². The molecule has 0 heterocycles. The molecule has 0 aromatic rings. The first-order valence-electron chi connectivity index (χ1n) is 6.19. The van der Waals surface area contributed by atoms with E-state index in [0.717, 1.165) is 6.54 Å². The van der Waals surface area contributed by atoms with Crippen LogP contribution in [0.3, 0.4) is 0 Å². The lowest BCUT2D eigenvalue weighted by Gasteiger charge is -2.13. The van der Waals surface area contributed by atoms with Gasteiger partial charge in [-0.05, 0) is 25.8 Å². The Hall–Kier alpha value is -0.0800. The van der Waals surface area contributed by atoms with Crippen LogP contribution in [-0.2, 0) is 0 Å². The Labute approximate surface area is 88.1 Å². The van der Waals surface area contributed by atoms with Crippen LogP contribution < -0.4 is 5.32 Å². The fraction of sp³-hybridized carbons (Fsp3) is 1.00. The molecular weight excluding hydrogens is 174 g/mol. The molecule has 0 amide bonds. The summed E-state index contributed by atoms with van der Waals surface area (Å²) in [5, 5.41) is 12.5. The second-order valence-corrected chi connectivity index (χ2v) is 4.63. The van der Waals surface area contributed by atoms with Crippen molar-refractivity contribution in [1.29, 1.82) is 0 Å². The minimum Gasteiger partial charge on any atom is -0.394 e. The standard InChI is InChI=1S/C12H25NO/c1-2-3-4-5-6-7-10-13-12(11-14)8-9-12/h13-14H,2-11H2,1H3. The fourth-order valence-corrected chi connectivity index (χ4v) is 1.80. The van der Waals surface area contributed by atoms with Crippen LogP contribution in [0.1, 0.15) is 58.3 Å². The van der Waals surface area contributed by atoms with Gasteiger partial charge in [-0.2, -0.15) is 0 Å². The smallest absolute Gasteiger partial charge is 0.0613 e. The average Bonchev–Trinajstić information content (AvgIpc) is 2.98. The predicted molar refractivity (Wildman–Crippen MR) is 60.4 cm³/mol. The summed E-state index contributed by atoms with van der Waals surface area (Å²) in [6.45, 7) is 3.66. The lowest BCUT2D eigenvalue weighted by atomic mass is 10.1. The van der Waals surface area contributed by atoms with Gasteiger partial charge in [0.05, 0.1) is 6.61 Å². The Balaban J connectivity index is 1.80. The van der Waals surface area contributed by atoms with Crippen molar-refractivity contribution in [3.63, 3.8) is 0 Å². The molecular formula is C12H25NO. The molecule has 1 rings (SSSR count). The quantitative estimate of drug-likeness (QED) is 0.559. The first-order chi connectivity index (χ1) is 6.83. The van der Waals surface area contributed by atoms with Gasteiger partial charge in [0.2, 0.25) is 0 Å². The van der Waals surface area contributed by atoms with Gasteiger partial charge in [0, 0.05) is 5.54 Å². The zero-order chi connectivity index (χ0) is 10.3. The van der Waals surface area contributed by atoms with Gasteiger partial charge in [0.25, 0.3) is 0 Å². The van der Waals surface area contributed by atoms with E-state index in [1.165, 1.54) is 51.4 Å². The molecule has 1 aliphatic carbocycles. The molecule has 14 heavy (non-hydrogen) atoms. The Kier molecular flexibility index (Phi) is 5.49. The van der Waals surface area contributed by atoms with E-state index in [4.69, 9.17) is 5.11 Å². The maximum Gasteiger partial charge on any atom is 0.0613 e. The summed E-state index contributed by atoms with van der Waals surface area (Å²) < 4.78 is 0. The molecule has 0 aliphatic heterocycles. The van der Waals surface area contributed by atoms with E-state index in [9.17, 15) is 0 Å². The minimum atomic E-state index is 0.142. The number of nitrogens with one attached hydrogen (secondary N) is 1. The number of hydrogen-bond acceptors (Lipinski definition) is 2. The van der Waals surface area contributed by atoms with Crippen LogP contribution in [0, 0.1) is 0 Å². The maximum absolute atomic E-state index is 9.07. The van der Waals surface area contributed by atoms with Crippen molar-refractivity contribution in [2.75, 3.05) is 13.2 Å². The van der Waals surface area contributed by atoms with Crippen molar-refractivity contribution < 1.29 is 5.11 Å². The second-order valence-electron chi connectivity index (χ2n) is 4.63. The van der Waals surface area contributed by atoms with E-state index in [1.54, 1.807) is 0 Å². The minimum absolute atomic E-state index is 0.142. The topological polar surface area (TPSA) is 32.3 Å². The second kappa shape index (κ2) is 6.41. The lowest BCUT2D eigenvalue weighted by molar-refractivity contribution is 0.230. The molecule has 1 saturated carbocycles. The molecule has 2 nitrogen and oxygen atoms in total. The Morgan fingerprint density at radius 2 is 1.71 bits per heavy atom. The van der Waals surface area contributed by atoms with Crippen molar-refractivity contribution in [2.24, 2.45) is 0 Å². The molecule has 84 valence electrons. The number of rotatable bonds is 9. The van der Waals surface area contributed by atoms with Gasteiger partial charge in [-0.25, -0.2) is 0 Å². The summed E-state index contributed by atoms with van der Waals surface area (Å²) in [4.78, 5) is 0. The Bertz CT molecular complexity index is 143. The van der Waals surface area contributed by atoms with Crippen molar-refractivity contribution in [3.05, 3.63) is 0 Å². The van der Waals surface area contributed by atoms with Crippen molar-refractivity contribution in [3.8, 4) is 0 Å². The molecule has 2 N–H and O–H groups in total. The van der Waals surface area contributed by atoms with Crippen LogP contribution in [0.2, 0.25) is 0 Å². The summed E-state index contributed by atoms with van der Waals surface area (Å²) in [6.07, 6.45) is 10.4. The first-order valence-corrected chi connectivity index (χ1v) is 6.19. The van der Waals surface area contributed by atoms with Gasteiger partial charge in [-0.15, -0.1) is 0 Å². The molecule has 1 aliphatic rings. The monoisotopic (exact) mass is 199 g/mol. The van der Waals surface area contributed by atoms with Gasteiger partial charge in [0.1, 0.15) is 0 Å². The van der Waals surface area contributed by atoms with Gasteiger partial charge < -0.3 is 10.4 Å². The molecule has 2 heteroatoms. The third kappa shape index (κ3) is 4.43. The summed E-state index contributed by atoms with van der Waals surface area (Å²) in [5.41, 5.74) is 0.142. The van der Waals surface area contributed by atoms with Crippen molar-refractivity contribution in [2.45, 2.75) is 63.8 Å². The largest absolute Gasteiger partial charge is 0.394 e. The first kappa shape index (κ1) is 12.0. The highest BCUT2D eigenvalue weighted by molar-refractivity contribution is 5.01. The predicted octanol–water partition coefficient (Wildman–Crippen LogP) is 2.46. The van der Waals surface area contributed by atoms with E-state index in [1.807, 2.05) is 0 Å².